The van der Waals surface area contributed by atoms with Crippen LogP contribution in [0.1, 0.15) is 16.9 Å². The first-order chi connectivity index (χ1) is 9.57. The first-order valence-electron chi connectivity index (χ1n) is 6.27. The van der Waals surface area contributed by atoms with Gasteiger partial charge in [0, 0.05) is 5.92 Å². The zero-order valence-corrected chi connectivity index (χ0v) is 11.5. The lowest BCUT2D eigenvalue weighted by Gasteiger charge is -2.08. The number of hydrogen-bond acceptors (Lipinski definition) is 5. The fourth-order valence-corrected chi connectivity index (χ4v) is 4.12. The van der Waals surface area contributed by atoms with Gasteiger partial charge < -0.3 is 0 Å². The lowest BCUT2D eigenvalue weighted by molar-refractivity contribution is 0.0925. The number of nitrogens with zero attached hydrogens (tertiary/aromatic N) is 3. The van der Waals surface area contributed by atoms with Gasteiger partial charge in [-0.1, -0.05) is 23.4 Å². The van der Waals surface area contributed by atoms with E-state index in [1.54, 1.807) is 0 Å². The molecule has 1 unspecified atom stereocenters. The van der Waals surface area contributed by atoms with Crippen LogP contribution in [0.4, 0.5) is 0 Å². The second-order valence-corrected chi connectivity index (χ2v) is 7.06. The van der Waals surface area contributed by atoms with E-state index in [2.05, 4.69) is 10.3 Å². The van der Waals surface area contributed by atoms with Crippen molar-refractivity contribution in [2.45, 2.75) is 6.42 Å². The Labute approximate surface area is 116 Å². The van der Waals surface area contributed by atoms with Gasteiger partial charge in [-0.2, -0.15) is 0 Å². The summed E-state index contributed by atoms with van der Waals surface area (Å²) in [5.41, 5.74) is 1.06. The molecule has 3 rings (SSSR count). The molecule has 0 amide bonds. The molecule has 20 heavy (non-hydrogen) atoms. The van der Waals surface area contributed by atoms with E-state index in [0.717, 1.165) is 5.69 Å². The topological polar surface area (TPSA) is 81.9 Å². The summed E-state index contributed by atoms with van der Waals surface area (Å²) >= 11 is 0. The minimum Gasteiger partial charge on any atom is -0.292 e. The number of carbonyl (C=O) groups is 1. The minimum absolute atomic E-state index is 0.0776. The largest absolute Gasteiger partial charge is 0.292 e. The van der Waals surface area contributed by atoms with Crippen molar-refractivity contribution in [3.8, 4) is 5.69 Å². The quantitative estimate of drug-likeness (QED) is 0.784. The van der Waals surface area contributed by atoms with Crippen LogP contribution in [0.15, 0.2) is 36.5 Å². The molecule has 0 spiro atoms. The van der Waals surface area contributed by atoms with Gasteiger partial charge in [-0.15, -0.1) is 5.10 Å². The fraction of sp³-hybridized carbons (Fsp3) is 0.308. The van der Waals surface area contributed by atoms with Crippen molar-refractivity contribution >= 4 is 15.6 Å². The van der Waals surface area contributed by atoms with E-state index in [4.69, 9.17) is 0 Å². The summed E-state index contributed by atoms with van der Waals surface area (Å²) < 4.78 is 24.4. The maximum Gasteiger partial charge on any atom is 0.187 e. The average Bonchev–Trinajstić information content (AvgIpc) is 3.05. The van der Waals surface area contributed by atoms with E-state index in [-0.39, 0.29) is 17.3 Å². The molecular formula is C13H13N3O3S. The molecule has 0 aliphatic carbocycles. The van der Waals surface area contributed by atoms with E-state index in [1.807, 2.05) is 30.3 Å². The fourth-order valence-electron chi connectivity index (χ4n) is 2.37. The summed E-state index contributed by atoms with van der Waals surface area (Å²) in [6.45, 7) is 0. The molecular weight excluding hydrogens is 278 g/mol. The summed E-state index contributed by atoms with van der Waals surface area (Å²) in [5.74, 6) is -0.692. The van der Waals surface area contributed by atoms with Crippen LogP contribution in [0.5, 0.6) is 0 Å². The van der Waals surface area contributed by atoms with Gasteiger partial charge >= 0.3 is 0 Å². The van der Waals surface area contributed by atoms with E-state index >= 15 is 0 Å². The van der Waals surface area contributed by atoms with Crippen molar-refractivity contribution < 1.29 is 13.2 Å². The molecule has 1 aliphatic rings. The molecule has 1 fully saturated rings. The normalized spacial score (nSPS) is 20.9. The van der Waals surface area contributed by atoms with Gasteiger partial charge in [-0.05, 0) is 18.6 Å². The smallest absolute Gasteiger partial charge is 0.187 e. The highest BCUT2D eigenvalue weighted by molar-refractivity contribution is 7.91. The van der Waals surface area contributed by atoms with Gasteiger partial charge in [0.25, 0.3) is 0 Å². The van der Waals surface area contributed by atoms with Crippen molar-refractivity contribution in [3.63, 3.8) is 0 Å². The third-order valence-corrected chi connectivity index (χ3v) is 5.17. The van der Waals surface area contributed by atoms with Gasteiger partial charge in [0.05, 0.1) is 23.4 Å². The number of para-hydroxylation sites is 1. The number of benzene rings is 1. The highest BCUT2D eigenvalue weighted by Crippen LogP contribution is 2.23. The number of rotatable bonds is 3. The zero-order valence-electron chi connectivity index (χ0n) is 10.6. The van der Waals surface area contributed by atoms with Crippen molar-refractivity contribution in [1.82, 2.24) is 15.0 Å². The van der Waals surface area contributed by atoms with Gasteiger partial charge in [-0.3, -0.25) is 4.79 Å². The Morgan fingerprint density at radius 1 is 1.25 bits per heavy atom. The van der Waals surface area contributed by atoms with Crippen LogP contribution in [-0.2, 0) is 9.84 Å². The minimum atomic E-state index is -3.08. The Kier molecular flexibility index (Phi) is 3.13. The average molecular weight is 291 g/mol. The maximum atomic E-state index is 12.4. The highest BCUT2D eigenvalue weighted by Gasteiger charge is 2.35. The monoisotopic (exact) mass is 291 g/mol. The molecule has 1 aromatic heterocycles. The molecule has 0 saturated carbocycles. The van der Waals surface area contributed by atoms with Crippen molar-refractivity contribution in [1.29, 1.82) is 0 Å². The zero-order chi connectivity index (χ0) is 14.2. The van der Waals surface area contributed by atoms with Gasteiger partial charge in [0.15, 0.2) is 15.6 Å². The molecule has 0 N–H and O–H groups in total. The van der Waals surface area contributed by atoms with E-state index < -0.39 is 15.8 Å². The predicted octanol–water partition coefficient (Wildman–Crippen LogP) is 0.885. The Balaban J connectivity index is 1.93. The van der Waals surface area contributed by atoms with Crippen molar-refractivity contribution in [2.24, 2.45) is 5.92 Å². The second-order valence-electron chi connectivity index (χ2n) is 4.83. The summed E-state index contributed by atoms with van der Waals surface area (Å²) in [5, 5.41) is 7.68. The van der Waals surface area contributed by atoms with E-state index in [9.17, 15) is 13.2 Å². The first-order valence-corrected chi connectivity index (χ1v) is 8.10. The Morgan fingerprint density at radius 3 is 2.65 bits per heavy atom. The van der Waals surface area contributed by atoms with Gasteiger partial charge in [0.1, 0.15) is 5.69 Å². The molecule has 0 radical (unpaired) electrons. The van der Waals surface area contributed by atoms with Crippen LogP contribution in [0.25, 0.3) is 5.69 Å². The number of hydrogen-bond donors (Lipinski definition) is 0. The lowest BCUT2D eigenvalue weighted by Crippen LogP contribution is -2.19. The van der Waals surface area contributed by atoms with Crippen LogP contribution >= 0.6 is 0 Å². The molecule has 1 aliphatic heterocycles. The standard InChI is InChI=1S/C13H13N3O3S/c17-13(10-6-7-20(18,19)9-10)12-8-14-15-16(12)11-4-2-1-3-5-11/h1-5,8,10H,6-7,9H2. The number of sulfone groups is 1. The van der Waals surface area contributed by atoms with Crippen LogP contribution in [0.2, 0.25) is 0 Å². The Morgan fingerprint density at radius 2 is 2.00 bits per heavy atom. The molecule has 7 heteroatoms. The number of aromatic nitrogens is 3. The number of carbonyl (C=O) groups excluding carboxylic acids is 1. The predicted molar refractivity (Wildman–Crippen MR) is 72.5 cm³/mol. The summed E-state index contributed by atoms with van der Waals surface area (Å²) in [6, 6.07) is 9.18. The third-order valence-electron chi connectivity index (χ3n) is 3.41. The molecule has 1 aromatic carbocycles. The SMILES string of the molecule is O=C(c1cnnn1-c1ccccc1)C1CCS(=O)(=O)C1. The van der Waals surface area contributed by atoms with E-state index in [1.165, 1.54) is 10.9 Å². The second kappa shape index (κ2) is 4.82. The molecule has 0 bridgehead atoms. The van der Waals surface area contributed by atoms with Crippen LogP contribution in [0, 0.1) is 5.92 Å². The van der Waals surface area contributed by atoms with Crippen molar-refractivity contribution in [3.05, 3.63) is 42.2 Å². The van der Waals surface area contributed by atoms with E-state index in [0.29, 0.717) is 12.1 Å². The Bertz CT molecular complexity index is 737. The summed E-state index contributed by atoms with van der Waals surface area (Å²) in [7, 11) is -3.08. The summed E-state index contributed by atoms with van der Waals surface area (Å²) in [6.07, 6.45) is 1.77. The molecule has 1 atom stereocenters. The number of ketones is 1. The number of Topliss-reactive ketones (excluding diaryl/α,β-unsaturated/α-hetero) is 1. The molecule has 104 valence electrons. The molecule has 2 aromatic rings. The van der Waals surface area contributed by atoms with Crippen LogP contribution in [0.3, 0.4) is 0 Å². The van der Waals surface area contributed by atoms with Gasteiger partial charge in [-0.25, -0.2) is 13.1 Å². The molecule has 2 heterocycles. The first kappa shape index (κ1) is 13.0. The third kappa shape index (κ3) is 2.36. The highest BCUT2D eigenvalue weighted by atomic mass is 32.2. The van der Waals surface area contributed by atoms with Crippen LogP contribution < -0.4 is 0 Å². The molecule has 6 nitrogen and oxygen atoms in total. The maximum absolute atomic E-state index is 12.4. The molecule has 1 saturated heterocycles. The Hall–Kier alpha value is -2.02. The lowest BCUT2D eigenvalue weighted by atomic mass is 10.0. The van der Waals surface area contributed by atoms with Gasteiger partial charge in [0.2, 0.25) is 0 Å². The van der Waals surface area contributed by atoms with Crippen molar-refractivity contribution in [2.75, 3.05) is 11.5 Å². The van der Waals surface area contributed by atoms with Crippen LogP contribution in [-0.4, -0.2) is 40.7 Å². The summed E-state index contributed by atoms with van der Waals surface area (Å²) in [4.78, 5) is 12.4.